The molecule has 4 aromatic rings. The summed E-state index contributed by atoms with van der Waals surface area (Å²) in [5.74, 6) is -1.97. The Bertz CT molecular complexity index is 1520. The van der Waals surface area contributed by atoms with Crippen LogP contribution in [0.3, 0.4) is 0 Å². The van der Waals surface area contributed by atoms with Crippen LogP contribution in [-0.4, -0.2) is 40.4 Å². The number of carboxylic acids is 1. The first-order valence-electron chi connectivity index (χ1n) is 11.7. The molecule has 2 heterocycles. The second-order valence-corrected chi connectivity index (χ2v) is 9.67. The molecule has 0 radical (unpaired) electrons. The number of hydrogen-bond acceptors (Lipinski definition) is 4. The maximum Gasteiger partial charge on any atom is 0.326 e. The first-order valence-corrected chi connectivity index (χ1v) is 12.4. The number of benzene rings is 3. The van der Waals surface area contributed by atoms with Gasteiger partial charge in [0.25, 0.3) is 11.8 Å². The van der Waals surface area contributed by atoms with Gasteiger partial charge in [0.1, 0.15) is 11.6 Å². The normalized spacial score (nSPS) is 13.7. The summed E-state index contributed by atoms with van der Waals surface area (Å²) in [7, 11) is 0. The van der Waals surface area contributed by atoms with E-state index in [-0.39, 0.29) is 34.5 Å². The molecule has 0 saturated heterocycles. The molecule has 1 aromatic heterocycles. The van der Waals surface area contributed by atoms with Crippen LogP contribution in [0, 0.1) is 0 Å². The molecule has 0 aliphatic carbocycles. The lowest BCUT2D eigenvalue weighted by Crippen LogP contribution is -2.42. The molecule has 2 amide bonds. The molecule has 37 heavy (non-hydrogen) atoms. The van der Waals surface area contributed by atoms with Gasteiger partial charge in [-0.2, -0.15) is 0 Å². The second kappa shape index (κ2) is 10.3. The van der Waals surface area contributed by atoms with Crippen LogP contribution >= 0.6 is 23.2 Å². The topological polar surface area (TPSA) is 99.9 Å². The Morgan fingerprint density at radius 2 is 1.84 bits per heavy atom. The van der Waals surface area contributed by atoms with Crippen molar-refractivity contribution in [3.05, 3.63) is 105 Å². The maximum atomic E-state index is 13.2. The van der Waals surface area contributed by atoms with Crippen molar-refractivity contribution in [3.8, 4) is 0 Å². The Kier molecular flexibility index (Phi) is 6.91. The average molecular weight is 537 g/mol. The van der Waals surface area contributed by atoms with Crippen molar-refractivity contribution in [2.24, 2.45) is 0 Å². The minimum atomic E-state index is -1.16. The molecule has 0 bridgehead atoms. The summed E-state index contributed by atoms with van der Waals surface area (Å²) in [5, 5.41) is 13.4. The highest BCUT2D eigenvalue weighted by molar-refractivity contribution is 6.40. The summed E-state index contributed by atoms with van der Waals surface area (Å²) in [4.78, 5) is 39.8. The number of carbonyl (C=O) groups excluding carboxylic acids is 2. The lowest BCUT2D eigenvalue weighted by atomic mass is 9.95. The van der Waals surface area contributed by atoms with Gasteiger partial charge in [0.05, 0.1) is 21.9 Å². The molecule has 1 aliphatic heterocycles. The molecule has 0 unspecified atom stereocenters. The number of carboxylic acid groups (broad SMARTS) is 1. The molecule has 0 saturated carbocycles. The lowest BCUT2D eigenvalue weighted by Gasteiger charge is -2.30. The van der Waals surface area contributed by atoms with Crippen LogP contribution in [-0.2, 0) is 24.2 Å². The third-order valence-corrected chi connectivity index (χ3v) is 7.22. The van der Waals surface area contributed by atoms with Crippen LogP contribution in [0.25, 0.3) is 11.0 Å². The highest BCUT2D eigenvalue weighted by Gasteiger charge is 2.29. The van der Waals surface area contributed by atoms with Gasteiger partial charge in [0.15, 0.2) is 0 Å². The van der Waals surface area contributed by atoms with Gasteiger partial charge in [-0.05, 0) is 47.4 Å². The Hall–Kier alpha value is -3.81. The number of carbonyl (C=O) groups is 3. The molecule has 3 aromatic carbocycles. The predicted molar refractivity (Wildman–Crippen MR) is 140 cm³/mol. The molecule has 9 heteroatoms. The maximum absolute atomic E-state index is 13.2. The fourth-order valence-corrected chi connectivity index (χ4v) is 5.35. The Morgan fingerprint density at radius 1 is 1.05 bits per heavy atom. The number of halogens is 2. The molecule has 2 N–H and O–H groups in total. The van der Waals surface area contributed by atoms with E-state index >= 15 is 0 Å². The monoisotopic (exact) mass is 536 g/mol. The molecule has 0 spiro atoms. The lowest BCUT2D eigenvalue weighted by molar-refractivity contribution is -0.139. The zero-order valence-corrected chi connectivity index (χ0v) is 21.1. The summed E-state index contributed by atoms with van der Waals surface area (Å²) >= 11 is 13.1. The van der Waals surface area contributed by atoms with Crippen molar-refractivity contribution in [3.63, 3.8) is 0 Å². The van der Waals surface area contributed by atoms with E-state index in [2.05, 4.69) is 5.32 Å². The number of fused-ring (bicyclic) bond motifs is 2. The summed E-state index contributed by atoms with van der Waals surface area (Å²) in [6.07, 6.45) is 2.11. The SMILES string of the molecule is O=C(N[C@@H](Cc1ccccc1)C(=O)O)c1c(Cl)cc2c(c1Cl)CCN(C(=O)c1ccc3ccoc3c1)C2. The zero-order chi connectivity index (χ0) is 26.1. The van der Waals surface area contributed by atoms with Gasteiger partial charge in [-0.3, -0.25) is 9.59 Å². The van der Waals surface area contributed by atoms with E-state index in [0.29, 0.717) is 24.1 Å². The molecule has 0 fully saturated rings. The molecule has 5 rings (SSSR count). The predicted octanol–water partition coefficient (Wildman–Crippen LogP) is 5.36. The average Bonchev–Trinajstić information content (AvgIpc) is 3.36. The van der Waals surface area contributed by atoms with Crippen molar-refractivity contribution < 1.29 is 23.9 Å². The highest BCUT2D eigenvalue weighted by Crippen LogP contribution is 2.35. The third kappa shape index (κ3) is 5.05. The van der Waals surface area contributed by atoms with Crippen molar-refractivity contribution in [1.29, 1.82) is 0 Å². The minimum absolute atomic E-state index is 0.0319. The molecule has 1 aliphatic rings. The minimum Gasteiger partial charge on any atom is -0.480 e. The number of rotatable bonds is 6. The zero-order valence-electron chi connectivity index (χ0n) is 19.5. The van der Waals surface area contributed by atoms with Crippen molar-refractivity contribution in [2.75, 3.05) is 6.54 Å². The van der Waals surface area contributed by atoms with E-state index in [4.69, 9.17) is 27.6 Å². The van der Waals surface area contributed by atoms with E-state index in [1.807, 2.05) is 18.2 Å². The van der Waals surface area contributed by atoms with Crippen LogP contribution in [0.15, 0.2) is 71.3 Å². The quantitative estimate of drug-likeness (QED) is 0.345. The van der Waals surface area contributed by atoms with Crippen LogP contribution in [0.1, 0.15) is 37.4 Å². The molecule has 188 valence electrons. The van der Waals surface area contributed by atoms with E-state index < -0.39 is 17.9 Å². The number of nitrogens with one attached hydrogen (secondary N) is 1. The van der Waals surface area contributed by atoms with Crippen LogP contribution in [0.5, 0.6) is 0 Å². The fraction of sp³-hybridized carbons (Fsp3) is 0.179. The Morgan fingerprint density at radius 3 is 2.59 bits per heavy atom. The van der Waals surface area contributed by atoms with Crippen molar-refractivity contribution in [2.45, 2.75) is 25.4 Å². The molecule has 1 atom stereocenters. The van der Waals surface area contributed by atoms with Gasteiger partial charge >= 0.3 is 5.97 Å². The van der Waals surface area contributed by atoms with Crippen molar-refractivity contribution >= 4 is 52.0 Å². The summed E-state index contributed by atoms with van der Waals surface area (Å²) in [5.41, 5.74) is 3.41. The van der Waals surface area contributed by atoms with Crippen LogP contribution in [0.4, 0.5) is 0 Å². The third-order valence-electron chi connectivity index (χ3n) is 6.51. The standard InChI is InChI=1S/C28H22Cl2N2O5/c29-21-13-19-15-32(27(34)18-7-6-17-9-11-37-23(17)14-18)10-8-20(19)25(30)24(21)26(33)31-22(28(35)36)12-16-4-2-1-3-5-16/h1-7,9,11,13-14,22H,8,10,12,15H2,(H,31,33)(H,35,36)/t22-/m0/s1. The smallest absolute Gasteiger partial charge is 0.326 e. The molecular weight excluding hydrogens is 515 g/mol. The van der Waals surface area contributed by atoms with Crippen LogP contribution in [0.2, 0.25) is 10.0 Å². The number of furan rings is 1. The Labute approximate surface area is 222 Å². The first-order chi connectivity index (χ1) is 17.8. The summed E-state index contributed by atoms with van der Waals surface area (Å²) < 4.78 is 5.41. The van der Waals surface area contributed by atoms with E-state index in [1.54, 1.807) is 53.6 Å². The Balaban J connectivity index is 1.35. The highest BCUT2D eigenvalue weighted by atomic mass is 35.5. The summed E-state index contributed by atoms with van der Waals surface area (Å²) in [6, 6.07) is 16.6. The van der Waals surface area contributed by atoms with E-state index in [0.717, 1.165) is 22.1 Å². The van der Waals surface area contributed by atoms with Gasteiger partial charge in [-0.25, -0.2) is 4.79 Å². The van der Waals surface area contributed by atoms with Gasteiger partial charge in [0.2, 0.25) is 0 Å². The second-order valence-electron chi connectivity index (χ2n) is 8.89. The number of hydrogen-bond donors (Lipinski definition) is 2. The van der Waals surface area contributed by atoms with Gasteiger partial charge < -0.3 is 19.7 Å². The molecule has 7 nitrogen and oxygen atoms in total. The summed E-state index contributed by atoms with van der Waals surface area (Å²) in [6.45, 7) is 0.674. The van der Waals surface area contributed by atoms with Gasteiger partial charge in [0, 0.05) is 30.5 Å². The first kappa shape index (κ1) is 24.9. The fourth-order valence-electron chi connectivity index (χ4n) is 4.58. The van der Waals surface area contributed by atoms with Crippen molar-refractivity contribution in [1.82, 2.24) is 10.2 Å². The van der Waals surface area contributed by atoms with E-state index in [9.17, 15) is 19.5 Å². The van der Waals surface area contributed by atoms with Gasteiger partial charge in [-0.1, -0.05) is 59.6 Å². The number of nitrogens with zero attached hydrogens (tertiary/aromatic N) is 1. The van der Waals surface area contributed by atoms with Crippen LogP contribution < -0.4 is 5.32 Å². The number of amides is 2. The largest absolute Gasteiger partial charge is 0.480 e. The van der Waals surface area contributed by atoms with Gasteiger partial charge in [-0.15, -0.1) is 0 Å². The number of aliphatic carboxylic acids is 1. The molecular formula is C28H22Cl2N2O5. The van der Waals surface area contributed by atoms with E-state index in [1.165, 1.54) is 0 Å².